The van der Waals surface area contributed by atoms with Crippen LogP contribution in [0, 0.1) is 0 Å². The molecule has 0 aliphatic carbocycles. The van der Waals surface area contributed by atoms with Gasteiger partial charge in [-0.2, -0.15) is 0 Å². The minimum absolute atomic E-state index is 0.696. The Morgan fingerprint density at radius 2 is 1.74 bits per heavy atom. The van der Waals surface area contributed by atoms with Crippen LogP contribution >= 0.6 is 0 Å². The minimum atomic E-state index is -2.62. The topological polar surface area (TPSA) is 244 Å². The highest BCUT2D eigenvalue weighted by atomic mass is 16.7. The molecule has 1 fully saturated rings. The van der Waals surface area contributed by atoms with Gasteiger partial charge in [-0.25, -0.2) is 4.79 Å². The van der Waals surface area contributed by atoms with E-state index in [1.165, 1.54) is 0 Å². The third-order valence-corrected chi connectivity index (χ3v) is 4.31. The molecule has 1 aliphatic heterocycles. The van der Waals surface area contributed by atoms with E-state index in [4.69, 9.17) is 25.4 Å². The highest BCUT2D eigenvalue weighted by Crippen LogP contribution is 2.33. The van der Waals surface area contributed by atoms with Gasteiger partial charge in [0.25, 0.3) is 5.79 Å². The number of nitrogens with two attached hydrogens (primary N) is 1. The Labute approximate surface area is 153 Å². The lowest BCUT2D eigenvalue weighted by Crippen LogP contribution is -2.63. The van der Waals surface area contributed by atoms with E-state index in [9.17, 15) is 40.5 Å². The van der Waals surface area contributed by atoms with E-state index < -0.39 is 86.8 Å². The van der Waals surface area contributed by atoms with Gasteiger partial charge in [0.15, 0.2) is 0 Å². The Bertz CT molecular complexity index is 481. The van der Waals surface area contributed by atoms with Crippen molar-refractivity contribution in [3.05, 3.63) is 0 Å². The highest BCUT2D eigenvalue weighted by Gasteiger charge is 2.54. The van der Waals surface area contributed by atoms with Crippen molar-refractivity contribution in [1.29, 1.82) is 0 Å². The molecule has 1 rings (SSSR count). The Balaban J connectivity index is 2.90. The lowest BCUT2D eigenvalue weighted by molar-refractivity contribution is -0.328. The van der Waals surface area contributed by atoms with Gasteiger partial charge in [-0.3, -0.25) is 0 Å². The fourth-order valence-electron chi connectivity index (χ4n) is 2.56. The van der Waals surface area contributed by atoms with Gasteiger partial charge in [0, 0.05) is 6.42 Å². The minimum Gasteiger partial charge on any atom is -0.477 e. The average molecular weight is 401 g/mol. The maximum atomic E-state index is 11.6. The predicted octanol–water partition coefficient (Wildman–Crippen LogP) is -5.95. The molecule has 0 aromatic rings. The molecule has 13 nitrogen and oxygen atoms in total. The van der Waals surface area contributed by atoms with E-state index in [0.29, 0.717) is 0 Å². The maximum Gasteiger partial charge on any atom is 0.364 e. The Kier molecular flexibility index (Phi) is 8.91. The number of aliphatic carboxylic acids is 1. The smallest absolute Gasteiger partial charge is 0.364 e. The van der Waals surface area contributed by atoms with Crippen LogP contribution in [0.2, 0.25) is 0 Å². The van der Waals surface area contributed by atoms with Crippen LogP contribution in [0.15, 0.2) is 0 Å². The molecule has 1 saturated heterocycles. The van der Waals surface area contributed by atoms with Crippen LogP contribution < -0.4 is 5.73 Å². The first-order valence-electron chi connectivity index (χ1n) is 8.11. The molecule has 0 unspecified atom stereocenters. The molecular weight excluding hydrogens is 374 g/mol. The van der Waals surface area contributed by atoms with E-state index in [-0.39, 0.29) is 0 Å². The molecule has 160 valence electrons. The van der Waals surface area contributed by atoms with E-state index in [0.717, 1.165) is 0 Å². The summed E-state index contributed by atoms with van der Waals surface area (Å²) in [7, 11) is 0. The fraction of sp³-hybridized carbons (Fsp3) is 0.929. The van der Waals surface area contributed by atoms with Crippen LogP contribution in [-0.4, -0.2) is 126 Å². The summed E-state index contributed by atoms with van der Waals surface area (Å²) < 4.78 is 10.1. The van der Waals surface area contributed by atoms with Crippen molar-refractivity contribution < 1.29 is 60.2 Å². The monoisotopic (exact) mass is 401 g/mol. The molecule has 0 bridgehead atoms. The number of hydrogen-bond donors (Lipinski definition) is 10. The number of ether oxygens (including phenoxy) is 2. The van der Waals surface area contributed by atoms with Gasteiger partial charge in [0.1, 0.15) is 30.5 Å². The Hall–Kier alpha value is -0.970. The van der Waals surface area contributed by atoms with E-state index in [1.807, 2.05) is 0 Å². The van der Waals surface area contributed by atoms with Crippen molar-refractivity contribution in [2.45, 2.75) is 61.0 Å². The maximum absolute atomic E-state index is 11.6. The third-order valence-electron chi connectivity index (χ3n) is 4.31. The van der Waals surface area contributed by atoms with Gasteiger partial charge in [0.2, 0.25) is 0 Å². The number of rotatable bonds is 10. The Morgan fingerprint density at radius 1 is 1.15 bits per heavy atom. The molecule has 0 amide bonds. The second-order valence-electron chi connectivity index (χ2n) is 6.36. The highest BCUT2D eigenvalue weighted by molar-refractivity contribution is 5.76. The molecule has 0 spiro atoms. The number of aliphatic hydroxyl groups is 8. The number of aliphatic hydroxyl groups excluding tert-OH is 8. The molecule has 1 aliphatic rings. The molecule has 9 atom stereocenters. The summed E-state index contributed by atoms with van der Waals surface area (Å²) in [5.74, 6) is -4.39. The lowest BCUT2D eigenvalue weighted by Gasteiger charge is -2.44. The molecule has 0 aromatic carbocycles. The van der Waals surface area contributed by atoms with Gasteiger partial charge in [0.05, 0.1) is 38.1 Å². The zero-order valence-electron chi connectivity index (χ0n) is 14.3. The van der Waals surface area contributed by atoms with Gasteiger partial charge in [-0.05, 0) is 0 Å². The van der Waals surface area contributed by atoms with E-state index in [2.05, 4.69) is 0 Å². The van der Waals surface area contributed by atoms with Crippen molar-refractivity contribution in [3.63, 3.8) is 0 Å². The van der Waals surface area contributed by atoms with Crippen molar-refractivity contribution in [2.75, 3.05) is 19.8 Å². The Morgan fingerprint density at radius 3 is 2.22 bits per heavy atom. The second-order valence-corrected chi connectivity index (χ2v) is 6.36. The van der Waals surface area contributed by atoms with Crippen LogP contribution in [0.25, 0.3) is 0 Å². The number of hydrogen-bond acceptors (Lipinski definition) is 12. The predicted molar refractivity (Wildman–Crippen MR) is 84.0 cm³/mol. The first-order chi connectivity index (χ1) is 12.5. The van der Waals surface area contributed by atoms with Crippen LogP contribution in [0.5, 0.6) is 0 Å². The van der Waals surface area contributed by atoms with Crippen LogP contribution in [0.4, 0.5) is 0 Å². The number of carbonyl (C=O) groups is 1. The lowest BCUT2D eigenvalue weighted by atomic mass is 9.92. The molecule has 27 heavy (non-hydrogen) atoms. The largest absolute Gasteiger partial charge is 0.477 e. The molecule has 13 heteroatoms. The zero-order chi connectivity index (χ0) is 20.9. The molecular formula is C14H27NO12. The summed E-state index contributed by atoms with van der Waals surface area (Å²) in [6.45, 7) is -2.51. The van der Waals surface area contributed by atoms with Gasteiger partial charge in [-0.15, -0.1) is 0 Å². The van der Waals surface area contributed by atoms with E-state index >= 15 is 0 Å². The normalized spacial score (nSPS) is 34.5. The molecule has 11 N–H and O–H groups in total. The van der Waals surface area contributed by atoms with Gasteiger partial charge < -0.3 is 61.2 Å². The quantitative estimate of drug-likeness (QED) is 0.164. The summed E-state index contributed by atoms with van der Waals surface area (Å²) in [6, 6.07) is -1.28. The van der Waals surface area contributed by atoms with Crippen molar-refractivity contribution in [2.24, 2.45) is 5.73 Å². The number of carboxylic acids is 1. The van der Waals surface area contributed by atoms with Gasteiger partial charge in [-0.1, -0.05) is 0 Å². The third kappa shape index (κ3) is 5.52. The summed E-state index contributed by atoms with van der Waals surface area (Å²) in [4.78, 5) is 11.6. The van der Waals surface area contributed by atoms with E-state index in [1.54, 1.807) is 0 Å². The second kappa shape index (κ2) is 9.99. The first-order valence-corrected chi connectivity index (χ1v) is 8.11. The fourth-order valence-corrected chi connectivity index (χ4v) is 2.56. The number of carboxylic acid groups (broad SMARTS) is 1. The summed E-state index contributed by atoms with van der Waals surface area (Å²) >= 11 is 0. The molecule has 0 radical (unpaired) electrons. The van der Waals surface area contributed by atoms with Gasteiger partial charge >= 0.3 is 5.97 Å². The zero-order valence-corrected chi connectivity index (χ0v) is 14.3. The van der Waals surface area contributed by atoms with Crippen molar-refractivity contribution in [3.8, 4) is 0 Å². The first kappa shape index (κ1) is 24.1. The molecule has 1 heterocycles. The van der Waals surface area contributed by atoms with Crippen molar-refractivity contribution in [1.82, 2.24) is 0 Å². The summed E-state index contributed by atoms with van der Waals surface area (Å²) in [5.41, 5.74) is 5.33. The van der Waals surface area contributed by atoms with Crippen LogP contribution in [0.3, 0.4) is 0 Å². The standard InChI is InChI=1S/C14H27NO12/c15-5(2-16)9(21)10(22)8(20)4-26-14(13(24)25)1-6(18)11(23)12(27-14)7(19)3-17/h5-12,16-23H,1-4,15H2,(H,24,25)/t5-,6+,7+,8+,9+,10+,11+,12+,14+/m0/s1. The van der Waals surface area contributed by atoms with Crippen LogP contribution in [0.1, 0.15) is 6.42 Å². The van der Waals surface area contributed by atoms with Crippen LogP contribution in [-0.2, 0) is 14.3 Å². The van der Waals surface area contributed by atoms with Crippen molar-refractivity contribution >= 4 is 5.97 Å². The average Bonchev–Trinajstić information content (AvgIpc) is 2.65. The SMILES string of the molecule is N[C@@H](CO)[C@@H](O)[C@H](O)[C@H](O)CO[C@]1(C(=O)O)C[C@@H](O)[C@@H](O)[C@@H]([C@H](O)CO)O1. The molecule has 0 saturated carbocycles. The summed E-state index contributed by atoms with van der Waals surface area (Å²) in [6.07, 6.45) is -13.2. The molecule has 0 aromatic heterocycles. The summed E-state index contributed by atoms with van der Waals surface area (Å²) in [5, 5.41) is 85.9.